The van der Waals surface area contributed by atoms with Crippen molar-refractivity contribution in [2.75, 3.05) is 18.7 Å². The number of ether oxygens (including phenoxy) is 3. The maximum absolute atomic E-state index is 11.6. The van der Waals surface area contributed by atoms with E-state index in [1.54, 1.807) is 6.20 Å². The van der Waals surface area contributed by atoms with Crippen molar-refractivity contribution in [3.05, 3.63) is 60.2 Å². The summed E-state index contributed by atoms with van der Waals surface area (Å²) in [5.41, 5.74) is 2.77. The molecule has 1 atom stereocenters. The van der Waals surface area contributed by atoms with Crippen LogP contribution in [-0.2, 0) is 11.2 Å². The van der Waals surface area contributed by atoms with Gasteiger partial charge in [0.25, 0.3) is 5.91 Å². The molecular formula is C21H19N3O4. The van der Waals surface area contributed by atoms with E-state index in [0.29, 0.717) is 11.4 Å². The first-order valence-corrected chi connectivity index (χ1v) is 9.16. The molecule has 0 bridgehead atoms. The Morgan fingerprint density at radius 1 is 1.11 bits per heavy atom. The van der Waals surface area contributed by atoms with Gasteiger partial charge in [-0.25, -0.2) is 4.98 Å². The van der Waals surface area contributed by atoms with E-state index in [1.165, 1.54) is 0 Å². The topological polar surface area (TPSA) is 74.6 Å². The summed E-state index contributed by atoms with van der Waals surface area (Å²) in [6.45, 7) is 2.47. The average molecular weight is 377 g/mol. The second-order valence-corrected chi connectivity index (χ2v) is 6.97. The van der Waals surface area contributed by atoms with E-state index in [1.807, 2.05) is 41.1 Å². The smallest absolute Gasteiger partial charge is 0.262 e. The Hall–Kier alpha value is -3.48. The van der Waals surface area contributed by atoms with Crippen LogP contribution < -0.4 is 19.5 Å². The monoisotopic (exact) mass is 377 g/mol. The number of hydrogen-bond donors (Lipinski definition) is 1. The third kappa shape index (κ3) is 2.94. The summed E-state index contributed by atoms with van der Waals surface area (Å²) in [5, 5.41) is 2.85. The molecule has 0 unspecified atom stereocenters. The summed E-state index contributed by atoms with van der Waals surface area (Å²) in [4.78, 5) is 16.2. The zero-order valence-corrected chi connectivity index (χ0v) is 15.3. The van der Waals surface area contributed by atoms with Crippen molar-refractivity contribution in [3.63, 3.8) is 0 Å². The maximum atomic E-state index is 11.6. The number of aromatic nitrogens is 2. The predicted molar refractivity (Wildman–Crippen MR) is 102 cm³/mol. The third-order valence-electron chi connectivity index (χ3n) is 4.96. The summed E-state index contributed by atoms with van der Waals surface area (Å²) >= 11 is 0. The Labute approximate surface area is 161 Å². The van der Waals surface area contributed by atoms with Gasteiger partial charge in [-0.05, 0) is 42.3 Å². The molecular weight excluding hydrogens is 358 g/mol. The molecule has 2 aromatic carbocycles. The van der Waals surface area contributed by atoms with Crippen LogP contribution in [0.25, 0.3) is 5.69 Å². The van der Waals surface area contributed by atoms with Crippen LogP contribution in [0.1, 0.15) is 24.2 Å². The molecule has 3 aromatic rings. The SMILES string of the molecule is C[C@H](Cc1ccc2c(c1)OCO2)c1nccn1-c1ccc2c(c1)NC(=O)CO2. The number of hydrogen-bond acceptors (Lipinski definition) is 5. The van der Waals surface area contributed by atoms with Crippen LogP contribution in [0.2, 0.25) is 0 Å². The molecule has 0 radical (unpaired) electrons. The Morgan fingerprint density at radius 3 is 2.89 bits per heavy atom. The van der Waals surface area contributed by atoms with Crippen LogP contribution in [0.3, 0.4) is 0 Å². The van der Waals surface area contributed by atoms with Crippen LogP contribution in [0, 0.1) is 0 Å². The van der Waals surface area contributed by atoms with Crippen molar-refractivity contribution >= 4 is 11.6 Å². The molecule has 1 N–H and O–H groups in total. The van der Waals surface area contributed by atoms with E-state index in [0.717, 1.165) is 35.0 Å². The van der Waals surface area contributed by atoms with Gasteiger partial charge in [-0.1, -0.05) is 13.0 Å². The molecule has 5 rings (SSSR count). The number of anilines is 1. The van der Waals surface area contributed by atoms with Crippen LogP contribution in [-0.4, -0.2) is 28.9 Å². The molecule has 0 saturated heterocycles. The Balaban J connectivity index is 1.41. The van der Waals surface area contributed by atoms with Crippen molar-refractivity contribution < 1.29 is 19.0 Å². The molecule has 0 fully saturated rings. The fourth-order valence-electron chi connectivity index (χ4n) is 3.63. The summed E-state index contributed by atoms with van der Waals surface area (Å²) < 4.78 is 18.3. The first kappa shape index (κ1) is 16.7. The van der Waals surface area contributed by atoms with Gasteiger partial charge < -0.3 is 24.1 Å². The van der Waals surface area contributed by atoms with Crippen molar-refractivity contribution in [2.45, 2.75) is 19.3 Å². The maximum Gasteiger partial charge on any atom is 0.262 e. The molecule has 28 heavy (non-hydrogen) atoms. The third-order valence-corrected chi connectivity index (χ3v) is 4.96. The highest BCUT2D eigenvalue weighted by molar-refractivity contribution is 5.95. The number of carbonyl (C=O) groups excluding carboxylic acids is 1. The lowest BCUT2D eigenvalue weighted by Crippen LogP contribution is -2.25. The lowest BCUT2D eigenvalue weighted by molar-refractivity contribution is -0.118. The van der Waals surface area contributed by atoms with Crippen molar-refractivity contribution in [1.29, 1.82) is 0 Å². The molecule has 7 heteroatoms. The molecule has 7 nitrogen and oxygen atoms in total. The minimum atomic E-state index is -0.147. The molecule has 0 aliphatic carbocycles. The van der Waals surface area contributed by atoms with Gasteiger partial charge in [0, 0.05) is 24.0 Å². The molecule has 2 aliphatic heterocycles. The number of fused-ring (bicyclic) bond motifs is 2. The van der Waals surface area contributed by atoms with E-state index < -0.39 is 0 Å². The molecule has 0 spiro atoms. The first-order valence-electron chi connectivity index (χ1n) is 9.16. The Morgan fingerprint density at radius 2 is 1.96 bits per heavy atom. The van der Waals surface area contributed by atoms with Gasteiger partial charge in [-0.3, -0.25) is 4.79 Å². The van der Waals surface area contributed by atoms with E-state index in [4.69, 9.17) is 14.2 Å². The molecule has 142 valence electrons. The standard InChI is InChI=1S/C21H19N3O4/c1-13(8-14-2-4-18-19(9-14)28-12-27-18)21-22-6-7-24(21)15-3-5-17-16(10-15)23-20(25)11-26-17/h2-7,9-10,13H,8,11-12H2,1H3,(H,23,25)/t13-/m1/s1. The Bertz CT molecular complexity index is 1060. The van der Waals surface area contributed by atoms with Crippen LogP contribution >= 0.6 is 0 Å². The van der Waals surface area contributed by atoms with E-state index >= 15 is 0 Å². The predicted octanol–water partition coefficient (Wildman–Crippen LogP) is 3.28. The average Bonchev–Trinajstić information content (AvgIpc) is 3.36. The van der Waals surface area contributed by atoms with Gasteiger partial charge in [0.15, 0.2) is 18.1 Å². The van der Waals surface area contributed by atoms with Gasteiger partial charge >= 0.3 is 0 Å². The minimum Gasteiger partial charge on any atom is -0.482 e. The van der Waals surface area contributed by atoms with E-state index in [2.05, 4.69) is 23.3 Å². The fourth-order valence-corrected chi connectivity index (χ4v) is 3.63. The molecule has 1 aromatic heterocycles. The lowest BCUT2D eigenvalue weighted by atomic mass is 10.00. The number of amides is 1. The summed E-state index contributed by atoms with van der Waals surface area (Å²) in [6.07, 6.45) is 4.54. The number of imidazole rings is 1. The van der Waals surface area contributed by atoms with E-state index in [9.17, 15) is 4.79 Å². The molecule has 1 amide bonds. The number of rotatable bonds is 4. The number of carbonyl (C=O) groups is 1. The summed E-state index contributed by atoms with van der Waals surface area (Å²) in [6, 6.07) is 11.8. The largest absolute Gasteiger partial charge is 0.482 e. The highest BCUT2D eigenvalue weighted by Crippen LogP contribution is 2.35. The minimum absolute atomic E-state index is 0.0508. The number of nitrogens with one attached hydrogen (secondary N) is 1. The zero-order valence-electron chi connectivity index (χ0n) is 15.3. The van der Waals surface area contributed by atoms with Gasteiger partial charge in [-0.2, -0.15) is 0 Å². The summed E-state index contributed by atoms with van der Waals surface area (Å²) in [5.74, 6) is 3.23. The van der Waals surface area contributed by atoms with Crippen molar-refractivity contribution in [3.8, 4) is 22.9 Å². The van der Waals surface area contributed by atoms with E-state index in [-0.39, 0.29) is 25.2 Å². The highest BCUT2D eigenvalue weighted by atomic mass is 16.7. The van der Waals surface area contributed by atoms with Crippen molar-refractivity contribution in [1.82, 2.24) is 9.55 Å². The highest BCUT2D eigenvalue weighted by Gasteiger charge is 2.20. The quantitative estimate of drug-likeness (QED) is 0.755. The van der Waals surface area contributed by atoms with Crippen LogP contribution in [0.15, 0.2) is 48.8 Å². The fraction of sp³-hybridized carbons (Fsp3) is 0.238. The number of benzene rings is 2. The normalized spacial score (nSPS) is 15.5. The first-order chi connectivity index (χ1) is 13.7. The molecule has 3 heterocycles. The van der Waals surface area contributed by atoms with Crippen molar-refractivity contribution in [2.24, 2.45) is 0 Å². The Kier molecular flexibility index (Phi) is 3.93. The number of nitrogens with zero attached hydrogens (tertiary/aromatic N) is 2. The molecule has 2 aliphatic rings. The van der Waals surface area contributed by atoms with Gasteiger partial charge in [-0.15, -0.1) is 0 Å². The molecule has 0 saturated carbocycles. The lowest BCUT2D eigenvalue weighted by Gasteiger charge is -2.20. The zero-order chi connectivity index (χ0) is 19.1. The van der Waals surface area contributed by atoms with Gasteiger partial charge in [0.05, 0.1) is 5.69 Å². The second kappa shape index (κ2) is 6.60. The second-order valence-electron chi connectivity index (χ2n) is 6.97. The van der Waals surface area contributed by atoms with Crippen LogP contribution in [0.5, 0.6) is 17.2 Å². The summed E-state index contributed by atoms with van der Waals surface area (Å²) in [7, 11) is 0. The van der Waals surface area contributed by atoms with Gasteiger partial charge in [0.2, 0.25) is 6.79 Å². The van der Waals surface area contributed by atoms with Gasteiger partial charge in [0.1, 0.15) is 11.6 Å². The van der Waals surface area contributed by atoms with Crippen LogP contribution in [0.4, 0.5) is 5.69 Å².